The molecular formula is C23H22N2O6. The van der Waals surface area contributed by atoms with Crippen LogP contribution >= 0.6 is 0 Å². The van der Waals surface area contributed by atoms with Crippen LogP contribution in [0.3, 0.4) is 0 Å². The summed E-state index contributed by atoms with van der Waals surface area (Å²) >= 11 is 0. The highest BCUT2D eigenvalue weighted by Gasteiger charge is 2.28. The Bertz CT molecular complexity index is 1130. The van der Waals surface area contributed by atoms with Crippen molar-refractivity contribution in [3.05, 3.63) is 76.6 Å². The van der Waals surface area contributed by atoms with Crippen LogP contribution in [-0.4, -0.2) is 42.6 Å². The molecule has 2 heterocycles. The summed E-state index contributed by atoms with van der Waals surface area (Å²) in [4.78, 5) is 37.4. The molecule has 0 radical (unpaired) electrons. The van der Waals surface area contributed by atoms with Crippen LogP contribution < -0.4 is 15.7 Å². The zero-order valence-corrected chi connectivity index (χ0v) is 16.8. The Morgan fingerprint density at radius 2 is 1.90 bits per heavy atom. The number of nitrogens with one attached hydrogen (secondary N) is 1. The Morgan fingerprint density at radius 1 is 1.10 bits per heavy atom. The van der Waals surface area contributed by atoms with Gasteiger partial charge in [-0.15, -0.1) is 0 Å². The third-order valence-electron chi connectivity index (χ3n) is 4.98. The van der Waals surface area contributed by atoms with E-state index in [9.17, 15) is 14.4 Å². The van der Waals surface area contributed by atoms with Gasteiger partial charge in [-0.3, -0.25) is 4.79 Å². The van der Waals surface area contributed by atoms with E-state index in [0.29, 0.717) is 30.8 Å². The molecular weight excluding hydrogens is 400 g/mol. The molecule has 160 valence electrons. The van der Waals surface area contributed by atoms with Gasteiger partial charge in [0.1, 0.15) is 17.9 Å². The molecule has 1 unspecified atom stereocenters. The first-order valence-corrected chi connectivity index (χ1v) is 9.98. The van der Waals surface area contributed by atoms with E-state index in [-0.39, 0.29) is 25.2 Å². The maximum atomic E-state index is 12.2. The fraction of sp³-hybridized carbons (Fsp3) is 0.261. The van der Waals surface area contributed by atoms with Crippen molar-refractivity contribution in [3.63, 3.8) is 0 Å². The monoisotopic (exact) mass is 422 g/mol. The van der Waals surface area contributed by atoms with Crippen molar-refractivity contribution in [2.24, 2.45) is 0 Å². The lowest BCUT2D eigenvalue weighted by molar-refractivity contribution is -0.123. The van der Waals surface area contributed by atoms with Crippen molar-refractivity contribution in [2.75, 3.05) is 19.7 Å². The van der Waals surface area contributed by atoms with Crippen LogP contribution in [0.25, 0.3) is 11.0 Å². The Balaban J connectivity index is 1.22. The summed E-state index contributed by atoms with van der Waals surface area (Å²) in [6, 6.07) is 17.3. The van der Waals surface area contributed by atoms with Crippen LogP contribution in [0, 0.1) is 0 Å². The lowest BCUT2D eigenvalue weighted by Crippen LogP contribution is -2.40. The van der Waals surface area contributed by atoms with Gasteiger partial charge in [-0.25, -0.2) is 9.59 Å². The van der Waals surface area contributed by atoms with Gasteiger partial charge in [0.05, 0.1) is 0 Å². The molecule has 3 aromatic rings. The average Bonchev–Trinajstić information content (AvgIpc) is 3.25. The van der Waals surface area contributed by atoms with E-state index in [1.54, 1.807) is 29.2 Å². The predicted molar refractivity (Wildman–Crippen MR) is 113 cm³/mol. The summed E-state index contributed by atoms with van der Waals surface area (Å²) in [5.41, 5.74) is 0.867. The average molecular weight is 422 g/mol. The van der Waals surface area contributed by atoms with Gasteiger partial charge in [0, 0.05) is 36.7 Å². The van der Waals surface area contributed by atoms with Crippen LogP contribution in [0.5, 0.6) is 5.75 Å². The number of carbonyl (C=O) groups is 2. The molecule has 1 fully saturated rings. The lowest BCUT2D eigenvalue weighted by Gasteiger charge is -2.17. The van der Waals surface area contributed by atoms with Gasteiger partial charge in [0.2, 0.25) is 0 Å². The van der Waals surface area contributed by atoms with E-state index < -0.39 is 11.7 Å². The number of rotatable bonds is 6. The summed E-state index contributed by atoms with van der Waals surface area (Å²) < 4.78 is 16.0. The Kier molecular flexibility index (Phi) is 6.16. The fourth-order valence-corrected chi connectivity index (χ4v) is 3.40. The zero-order chi connectivity index (χ0) is 21.6. The topological polar surface area (TPSA) is 98.1 Å². The third kappa shape index (κ3) is 5.42. The van der Waals surface area contributed by atoms with Gasteiger partial charge in [0.15, 0.2) is 6.61 Å². The molecule has 0 spiro atoms. The molecule has 1 atom stereocenters. The maximum Gasteiger partial charge on any atom is 0.410 e. The van der Waals surface area contributed by atoms with Crippen LogP contribution in [-0.2, 0) is 16.1 Å². The molecule has 8 heteroatoms. The van der Waals surface area contributed by atoms with Gasteiger partial charge < -0.3 is 24.1 Å². The quantitative estimate of drug-likeness (QED) is 0.614. The molecule has 1 saturated heterocycles. The van der Waals surface area contributed by atoms with Crippen LogP contribution in [0.2, 0.25) is 0 Å². The standard InChI is InChI=1S/C23H22N2O6/c26-21(15-29-19-8-6-17-7-9-22(27)31-20(17)12-19)24-18-10-11-25(13-18)23(28)30-14-16-4-2-1-3-5-16/h1-9,12,18H,10-11,13-15H2,(H,24,26). The van der Waals surface area contributed by atoms with Crippen molar-refractivity contribution >= 4 is 23.0 Å². The number of hydrogen-bond acceptors (Lipinski definition) is 6. The van der Waals surface area contributed by atoms with Gasteiger partial charge in [0.25, 0.3) is 5.91 Å². The van der Waals surface area contributed by atoms with Gasteiger partial charge in [-0.2, -0.15) is 0 Å². The summed E-state index contributed by atoms with van der Waals surface area (Å²) in [7, 11) is 0. The minimum Gasteiger partial charge on any atom is -0.484 e. The first-order valence-electron chi connectivity index (χ1n) is 9.98. The molecule has 2 amide bonds. The number of hydrogen-bond donors (Lipinski definition) is 1. The minimum absolute atomic E-state index is 0.157. The van der Waals surface area contributed by atoms with E-state index in [1.807, 2.05) is 30.3 Å². The molecule has 1 aliphatic rings. The fourth-order valence-electron chi connectivity index (χ4n) is 3.40. The molecule has 0 aliphatic carbocycles. The normalized spacial score (nSPS) is 15.6. The van der Waals surface area contributed by atoms with Gasteiger partial charge >= 0.3 is 11.7 Å². The van der Waals surface area contributed by atoms with Crippen LogP contribution in [0.4, 0.5) is 4.79 Å². The van der Waals surface area contributed by atoms with E-state index >= 15 is 0 Å². The first-order chi connectivity index (χ1) is 15.1. The second kappa shape index (κ2) is 9.34. The van der Waals surface area contributed by atoms with Crippen LogP contribution in [0.15, 0.2) is 69.9 Å². The van der Waals surface area contributed by atoms with Gasteiger partial charge in [-0.05, 0) is 30.2 Å². The van der Waals surface area contributed by atoms with Crippen molar-refractivity contribution in [1.82, 2.24) is 10.2 Å². The van der Waals surface area contributed by atoms with E-state index in [2.05, 4.69) is 5.32 Å². The smallest absolute Gasteiger partial charge is 0.410 e. The van der Waals surface area contributed by atoms with E-state index in [1.165, 1.54) is 6.07 Å². The largest absolute Gasteiger partial charge is 0.484 e. The second-order valence-electron chi connectivity index (χ2n) is 7.28. The summed E-state index contributed by atoms with van der Waals surface area (Å²) in [5, 5.41) is 3.63. The highest BCUT2D eigenvalue weighted by atomic mass is 16.6. The number of nitrogens with zero attached hydrogens (tertiary/aromatic N) is 1. The molecule has 2 aromatic carbocycles. The zero-order valence-electron chi connectivity index (χ0n) is 16.8. The predicted octanol–water partition coefficient (Wildman–Crippen LogP) is 2.70. The second-order valence-corrected chi connectivity index (χ2v) is 7.28. The lowest BCUT2D eigenvalue weighted by atomic mass is 10.2. The molecule has 1 aliphatic heterocycles. The van der Waals surface area contributed by atoms with Crippen molar-refractivity contribution < 1.29 is 23.5 Å². The highest BCUT2D eigenvalue weighted by Crippen LogP contribution is 2.19. The summed E-state index contributed by atoms with van der Waals surface area (Å²) in [5.74, 6) is 0.133. The van der Waals surface area contributed by atoms with Crippen molar-refractivity contribution in [2.45, 2.75) is 19.1 Å². The summed E-state index contributed by atoms with van der Waals surface area (Å²) in [6.45, 7) is 0.939. The number of ether oxygens (including phenoxy) is 2. The molecule has 0 saturated carbocycles. The maximum absolute atomic E-state index is 12.2. The number of benzene rings is 2. The van der Waals surface area contributed by atoms with E-state index in [4.69, 9.17) is 13.9 Å². The molecule has 4 rings (SSSR count). The SMILES string of the molecule is O=C(COc1ccc2ccc(=O)oc2c1)NC1CCN(C(=O)OCc2ccccc2)C1. The van der Waals surface area contributed by atoms with Crippen molar-refractivity contribution in [3.8, 4) is 5.75 Å². The Hall–Kier alpha value is -3.81. The third-order valence-corrected chi connectivity index (χ3v) is 4.98. The number of amides is 2. The van der Waals surface area contributed by atoms with Crippen molar-refractivity contribution in [1.29, 1.82) is 0 Å². The van der Waals surface area contributed by atoms with Crippen LogP contribution in [0.1, 0.15) is 12.0 Å². The first kappa shape index (κ1) is 20.5. The highest BCUT2D eigenvalue weighted by molar-refractivity contribution is 5.79. The molecule has 1 aromatic heterocycles. The van der Waals surface area contributed by atoms with Gasteiger partial charge in [-0.1, -0.05) is 30.3 Å². The number of likely N-dealkylation sites (tertiary alicyclic amines) is 1. The Morgan fingerprint density at radius 3 is 2.74 bits per heavy atom. The molecule has 1 N–H and O–H groups in total. The molecule has 0 bridgehead atoms. The molecule has 31 heavy (non-hydrogen) atoms. The summed E-state index contributed by atoms with van der Waals surface area (Å²) in [6.07, 6.45) is 0.252. The molecule has 8 nitrogen and oxygen atoms in total. The minimum atomic E-state index is -0.449. The number of carbonyl (C=O) groups excluding carboxylic acids is 2. The number of fused-ring (bicyclic) bond motifs is 1. The Labute approximate surface area is 178 Å². The van der Waals surface area contributed by atoms with E-state index in [0.717, 1.165) is 10.9 Å².